The van der Waals surface area contributed by atoms with E-state index in [4.69, 9.17) is 5.11 Å². The Balaban J connectivity index is 2.82. The second-order valence-corrected chi connectivity index (χ2v) is 3.87. The van der Waals surface area contributed by atoms with Crippen molar-refractivity contribution in [3.63, 3.8) is 0 Å². The molecular weight excluding hydrogens is 210 g/mol. The molecule has 0 aliphatic heterocycles. The number of nitrogens with zero attached hydrogens (tertiary/aromatic N) is 1. The fraction of sp³-hybridized carbons (Fsp3) is 0.0909. The minimum atomic E-state index is -0.916. The van der Waals surface area contributed by atoms with Crippen molar-refractivity contribution in [3.8, 4) is 0 Å². The van der Waals surface area contributed by atoms with E-state index < -0.39 is 5.97 Å². The molecule has 3 nitrogen and oxygen atoms in total. The Morgan fingerprint density at radius 2 is 2.20 bits per heavy atom. The molecular formula is C11H9NO2S. The van der Waals surface area contributed by atoms with Gasteiger partial charge in [-0.15, -0.1) is 11.8 Å². The minimum Gasteiger partial charge on any atom is -0.478 e. The molecule has 0 radical (unpaired) electrons. The highest BCUT2D eigenvalue weighted by atomic mass is 32.2. The number of rotatable bonds is 2. The lowest BCUT2D eigenvalue weighted by atomic mass is 10.1. The molecule has 1 aromatic heterocycles. The van der Waals surface area contributed by atoms with Crippen LogP contribution in [-0.2, 0) is 0 Å². The van der Waals surface area contributed by atoms with Crippen LogP contribution in [0.3, 0.4) is 0 Å². The van der Waals surface area contributed by atoms with E-state index in [2.05, 4.69) is 4.98 Å². The number of benzene rings is 1. The van der Waals surface area contributed by atoms with Crippen molar-refractivity contribution in [2.75, 3.05) is 6.26 Å². The molecule has 0 aliphatic carbocycles. The molecule has 15 heavy (non-hydrogen) atoms. The Morgan fingerprint density at radius 3 is 2.87 bits per heavy atom. The third-order valence-corrected chi connectivity index (χ3v) is 2.95. The van der Waals surface area contributed by atoms with Gasteiger partial charge in [0.1, 0.15) is 0 Å². The van der Waals surface area contributed by atoms with E-state index >= 15 is 0 Å². The predicted molar refractivity (Wildman–Crippen MR) is 60.5 cm³/mol. The van der Waals surface area contributed by atoms with Crippen molar-refractivity contribution in [1.82, 2.24) is 4.98 Å². The Hall–Kier alpha value is -1.55. The summed E-state index contributed by atoms with van der Waals surface area (Å²) in [5, 5.41) is 9.70. The topological polar surface area (TPSA) is 50.2 Å². The van der Waals surface area contributed by atoms with Crippen molar-refractivity contribution < 1.29 is 9.90 Å². The smallest absolute Gasteiger partial charge is 0.336 e. The molecule has 0 unspecified atom stereocenters. The number of para-hydroxylation sites is 1. The normalized spacial score (nSPS) is 10.5. The molecule has 1 heterocycles. The molecule has 0 spiro atoms. The third-order valence-electron chi connectivity index (χ3n) is 2.18. The van der Waals surface area contributed by atoms with Gasteiger partial charge in [-0.25, -0.2) is 4.79 Å². The Kier molecular flexibility index (Phi) is 2.60. The predicted octanol–water partition coefficient (Wildman–Crippen LogP) is 2.65. The SMILES string of the molecule is CSc1cccc2c(C(=O)O)ccnc12. The van der Waals surface area contributed by atoms with Crippen LogP contribution >= 0.6 is 11.8 Å². The highest BCUT2D eigenvalue weighted by molar-refractivity contribution is 7.98. The highest BCUT2D eigenvalue weighted by Crippen LogP contribution is 2.26. The second kappa shape index (κ2) is 3.90. The first-order chi connectivity index (χ1) is 7.24. The van der Waals surface area contributed by atoms with E-state index in [1.165, 1.54) is 12.3 Å². The maximum atomic E-state index is 11.0. The molecule has 2 aromatic rings. The maximum Gasteiger partial charge on any atom is 0.336 e. The summed E-state index contributed by atoms with van der Waals surface area (Å²) in [6.45, 7) is 0. The number of hydrogen-bond acceptors (Lipinski definition) is 3. The van der Waals surface area contributed by atoms with Gasteiger partial charge in [0.15, 0.2) is 0 Å². The van der Waals surface area contributed by atoms with E-state index in [-0.39, 0.29) is 0 Å². The van der Waals surface area contributed by atoms with Gasteiger partial charge in [0, 0.05) is 16.5 Å². The number of hydrogen-bond donors (Lipinski definition) is 1. The summed E-state index contributed by atoms with van der Waals surface area (Å²) < 4.78 is 0. The van der Waals surface area contributed by atoms with Gasteiger partial charge in [-0.2, -0.15) is 0 Å². The van der Waals surface area contributed by atoms with Crippen LogP contribution in [0, 0.1) is 0 Å². The van der Waals surface area contributed by atoms with Gasteiger partial charge in [-0.3, -0.25) is 4.98 Å². The molecule has 0 saturated heterocycles. The summed E-state index contributed by atoms with van der Waals surface area (Å²) in [5.74, 6) is -0.916. The number of pyridine rings is 1. The van der Waals surface area contributed by atoms with Crippen LogP contribution in [0.25, 0.3) is 10.9 Å². The summed E-state index contributed by atoms with van der Waals surface area (Å²) >= 11 is 1.56. The molecule has 1 N–H and O–H groups in total. The monoisotopic (exact) mass is 219 g/mol. The van der Waals surface area contributed by atoms with Crippen molar-refractivity contribution in [2.45, 2.75) is 4.90 Å². The number of aromatic carboxylic acids is 1. The van der Waals surface area contributed by atoms with Gasteiger partial charge < -0.3 is 5.11 Å². The van der Waals surface area contributed by atoms with E-state index in [0.717, 1.165) is 10.4 Å². The summed E-state index contributed by atoms with van der Waals surface area (Å²) in [6.07, 6.45) is 3.48. The van der Waals surface area contributed by atoms with Gasteiger partial charge in [0.2, 0.25) is 0 Å². The van der Waals surface area contributed by atoms with Crippen LogP contribution in [0.1, 0.15) is 10.4 Å². The molecule has 0 atom stereocenters. The summed E-state index contributed by atoms with van der Waals surface area (Å²) in [5.41, 5.74) is 1.06. The van der Waals surface area contributed by atoms with Crippen LogP contribution in [0.2, 0.25) is 0 Å². The summed E-state index contributed by atoms with van der Waals surface area (Å²) in [7, 11) is 0. The molecule has 0 saturated carbocycles. The first-order valence-corrected chi connectivity index (χ1v) is 5.61. The molecule has 0 amide bonds. The van der Waals surface area contributed by atoms with Gasteiger partial charge in [0.05, 0.1) is 11.1 Å². The van der Waals surface area contributed by atoms with Gasteiger partial charge in [0.25, 0.3) is 0 Å². The number of carbonyl (C=O) groups is 1. The molecule has 2 rings (SSSR count). The Labute approximate surface area is 91.1 Å². The fourth-order valence-electron chi connectivity index (χ4n) is 1.50. The standard InChI is InChI=1S/C11H9NO2S/c1-15-9-4-2-3-7-8(11(13)14)5-6-12-10(7)9/h2-6H,1H3,(H,13,14). The number of fused-ring (bicyclic) bond motifs is 1. The Bertz CT molecular complexity index is 525. The number of carboxylic acid groups (broad SMARTS) is 1. The van der Waals surface area contributed by atoms with Gasteiger partial charge >= 0.3 is 5.97 Å². The molecule has 76 valence electrons. The van der Waals surface area contributed by atoms with E-state index in [1.54, 1.807) is 17.8 Å². The zero-order chi connectivity index (χ0) is 10.8. The molecule has 0 aliphatic rings. The largest absolute Gasteiger partial charge is 0.478 e. The molecule has 1 aromatic carbocycles. The first-order valence-electron chi connectivity index (χ1n) is 4.39. The molecule has 0 bridgehead atoms. The van der Waals surface area contributed by atoms with Crippen LogP contribution < -0.4 is 0 Å². The minimum absolute atomic E-state index is 0.302. The average Bonchev–Trinajstić information content (AvgIpc) is 2.27. The molecule has 4 heteroatoms. The fourth-order valence-corrected chi connectivity index (χ4v) is 2.07. The van der Waals surface area contributed by atoms with Crippen molar-refractivity contribution in [2.24, 2.45) is 0 Å². The van der Waals surface area contributed by atoms with Crippen LogP contribution in [0.15, 0.2) is 35.4 Å². The van der Waals surface area contributed by atoms with Gasteiger partial charge in [-0.05, 0) is 18.4 Å². The highest BCUT2D eigenvalue weighted by Gasteiger charge is 2.10. The average molecular weight is 219 g/mol. The zero-order valence-corrected chi connectivity index (χ0v) is 8.91. The second-order valence-electron chi connectivity index (χ2n) is 3.02. The van der Waals surface area contributed by atoms with Crippen LogP contribution in [-0.4, -0.2) is 22.3 Å². The Morgan fingerprint density at radius 1 is 1.40 bits per heavy atom. The first kappa shape index (κ1) is 9.98. The third kappa shape index (κ3) is 1.68. The lowest BCUT2D eigenvalue weighted by Crippen LogP contribution is -1.98. The van der Waals surface area contributed by atoms with Crippen molar-refractivity contribution >= 4 is 28.6 Å². The zero-order valence-electron chi connectivity index (χ0n) is 8.10. The lowest BCUT2D eigenvalue weighted by Gasteiger charge is -2.04. The number of thioether (sulfide) groups is 1. The van der Waals surface area contributed by atoms with Crippen molar-refractivity contribution in [1.29, 1.82) is 0 Å². The molecule has 0 fully saturated rings. The van der Waals surface area contributed by atoms with Crippen LogP contribution in [0.4, 0.5) is 0 Å². The van der Waals surface area contributed by atoms with Crippen LogP contribution in [0.5, 0.6) is 0 Å². The van der Waals surface area contributed by atoms with E-state index in [9.17, 15) is 4.79 Å². The summed E-state index contributed by atoms with van der Waals surface area (Å²) in [6, 6.07) is 7.09. The summed E-state index contributed by atoms with van der Waals surface area (Å²) in [4.78, 5) is 16.2. The number of carboxylic acids is 1. The maximum absolute atomic E-state index is 11.0. The lowest BCUT2D eigenvalue weighted by molar-refractivity contribution is 0.0699. The number of aromatic nitrogens is 1. The van der Waals surface area contributed by atoms with Gasteiger partial charge in [-0.1, -0.05) is 12.1 Å². The van der Waals surface area contributed by atoms with E-state index in [0.29, 0.717) is 10.9 Å². The quantitative estimate of drug-likeness (QED) is 0.789. The van der Waals surface area contributed by atoms with Crippen molar-refractivity contribution in [3.05, 3.63) is 36.0 Å². The van der Waals surface area contributed by atoms with E-state index in [1.807, 2.05) is 18.4 Å².